The molecule has 1 rings (SSSR count). The first kappa shape index (κ1) is 10.0. The molecule has 70 valence electrons. The van der Waals surface area contributed by atoms with E-state index in [-0.39, 0.29) is 5.91 Å². The number of nitrogens with zero attached hydrogens (tertiary/aromatic N) is 1. The number of carbonyl (C=O) groups is 2. The van der Waals surface area contributed by atoms with Crippen LogP contribution in [-0.4, -0.2) is 44.3 Å². The lowest BCUT2D eigenvalue weighted by molar-refractivity contribution is -0.171. The van der Waals surface area contributed by atoms with Crippen molar-refractivity contribution < 1.29 is 14.4 Å². The zero-order valence-electron chi connectivity index (χ0n) is 7.66. The van der Waals surface area contributed by atoms with Gasteiger partial charge in [0, 0.05) is 7.05 Å². The molecule has 0 heterocycles. The van der Waals surface area contributed by atoms with Gasteiger partial charge in [-0.25, -0.2) is 5.06 Å². The number of hydroxylamine groups is 2. The highest BCUT2D eigenvalue weighted by atomic mass is 16.7. The Labute approximate surface area is 77.8 Å². The Kier molecular flexibility index (Phi) is 2.61. The second kappa shape index (κ2) is 3.37. The van der Waals surface area contributed by atoms with Gasteiger partial charge in [0.1, 0.15) is 5.54 Å². The van der Waals surface area contributed by atoms with Crippen LogP contribution in [0.2, 0.25) is 0 Å². The molecule has 5 nitrogen and oxygen atoms in total. The molecule has 0 saturated heterocycles. The molecule has 0 aromatic carbocycles. The third kappa shape index (κ3) is 2.00. The molecule has 1 saturated carbocycles. The Bertz CT molecular complexity index is 240. The van der Waals surface area contributed by atoms with Gasteiger partial charge in [0.05, 0.1) is 7.11 Å². The summed E-state index contributed by atoms with van der Waals surface area (Å²) in [6.45, 7) is 0. The largest absolute Gasteiger partial charge is 0.352 e. The van der Waals surface area contributed by atoms with Crippen molar-refractivity contribution >= 4 is 19.6 Å². The molecule has 1 aliphatic carbocycles. The van der Waals surface area contributed by atoms with Crippen LogP contribution < -0.4 is 5.32 Å². The van der Waals surface area contributed by atoms with Crippen molar-refractivity contribution in [1.29, 1.82) is 0 Å². The predicted octanol–water partition coefficient (Wildman–Crippen LogP) is -0.583. The molecule has 0 aliphatic heterocycles. The molecular formula is C7H11BN2O3. The summed E-state index contributed by atoms with van der Waals surface area (Å²) in [5.74, 6) is -0.954. The summed E-state index contributed by atoms with van der Waals surface area (Å²) < 4.78 is 0. The predicted molar refractivity (Wildman–Crippen MR) is 46.0 cm³/mol. The Morgan fingerprint density at radius 2 is 2.08 bits per heavy atom. The van der Waals surface area contributed by atoms with Gasteiger partial charge in [-0.05, 0) is 12.8 Å². The Hall–Kier alpha value is -1.04. The Morgan fingerprint density at radius 1 is 1.54 bits per heavy atom. The SMILES string of the molecule is [B]C(=O)NC1(C(=O)N(C)OC)CC1. The normalized spacial score (nSPS) is 17.7. The molecular weight excluding hydrogens is 171 g/mol. The minimum Gasteiger partial charge on any atom is -0.352 e. The van der Waals surface area contributed by atoms with Gasteiger partial charge < -0.3 is 5.32 Å². The lowest BCUT2D eigenvalue weighted by atomic mass is 10.1. The molecule has 1 N–H and O–H groups in total. The van der Waals surface area contributed by atoms with Gasteiger partial charge in [-0.15, -0.1) is 0 Å². The molecule has 1 fully saturated rings. The van der Waals surface area contributed by atoms with E-state index in [2.05, 4.69) is 5.32 Å². The lowest BCUT2D eigenvalue weighted by Gasteiger charge is -2.21. The van der Waals surface area contributed by atoms with Gasteiger partial charge in [-0.1, -0.05) is 0 Å². The van der Waals surface area contributed by atoms with Crippen LogP contribution >= 0.6 is 0 Å². The minimum absolute atomic E-state index is 0.270. The fourth-order valence-electron chi connectivity index (χ4n) is 1.14. The van der Waals surface area contributed by atoms with E-state index in [1.807, 2.05) is 0 Å². The maximum atomic E-state index is 11.5. The first-order valence-corrected chi connectivity index (χ1v) is 3.92. The van der Waals surface area contributed by atoms with Crippen molar-refractivity contribution in [2.24, 2.45) is 0 Å². The highest BCUT2D eigenvalue weighted by Gasteiger charge is 2.52. The summed E-state index contributed by atoms with van der Waals surface area (Å²) in [7, 11) is 7.81. The van der Waals surface area contributed by atoms with Crippen molar-refractivity contribution in [3.05, 3.63) is 0 Å². The van der Waals surface area contributed by atoms with Gasteiger partial charge >= 0.3 is 0 Å². The quantitative estimate of drug-likeness (QED) is 0.469. The third-order valence-corrected chi connectivity index (χ3v) is 2.08. The number of rotatable bonds is 3. The van der Waals surface area contributed by atoms with E-state index < -0.39 is 11.3 Å². The van der Waals surface area contributed by atoms with Crippen LogP contribution in [0.3, 0.4) is 0 Å². The van der Waals surface area contributed by atoms with Crippen molar-refractivity contribution in [2.45, 2.75) is 18.4 Å². The van der Waals surface area contributed by atoms with Crippen molar-refractivity contribution in [3.63, 3.8) is 0 Å². The van der Waals surface area contributed by atoms with E-state index in [9.17, 15) is 9.59 Å². The van der Waals surface area contributed by atoms with E-state index in [1.54, 1.807) is 0 Å². The van der Waals surface area contributed by atoms with Crippen LogP contribution in [0.15, 0.2) is 0 Å². The average Bonchev–Trinajstić information content (AvgIpc) is 2.82. The van der Waals surface area contributed by atoms with E-state index >= 15 is 0 Å². The molecule has 0 aromatic rings. The molecule has 0 aromatic heterocycles. The van der Waals surface area contributed by atoms with Gasteiger partial charge in [0.2, 0.25) is 7.85 Å². The van der Waals surface area contributed by atoms with Crippen molar-refractivity contribution in [2.75, 3.05) is 14.2 Å². The summed E-state index contributed by atoms with van der Waals surface area (Å²) in [4.78, 5) is 26.8. The van der Waals surface area contributed by atoms with E-state index in [0.717, 1.165) is 5.06 Å². The van der Waals surface area contributed by atoms with Crippen LogP contribution in [-0.2, 0) is 9.63 Å². The fraction of sp³-hybridized carbons (Fsp3) is 0.714. The molecule has 6 heteroatoms. The summed E-state index contributed by atoms with van der Waals surface area (Å²) >= 11 is 0. The Morgan fingerprint density at radius 3 is 2.38 bits per heavy atom. The van der Waals surface area contributed by atoms with Crippen LogP contribution in [0.5, 0.6) is 0 Å². The molecule has 1 aliphatic rings. The highest BCUT2D eigenvalue weighted by Crippen LogP contribution is 2.36. The lowest BCUT2D eigenvalue weighted by Crippen LogP contribution is -2.48. The molecule has 2 amide bonds. The van der Waals surface area contributed by atoms with E-state index in [4.69, 9.17) is 12.7 Å². The molecule has 0 spiro atoms. The number of hydrogen-bond donors (Lipinski definition) is 1. The molecule has 0 unspecified atom stereocenters. The first-order chi connectivity index (χ1) is 6.02. The van der Waals surface area contributed by atoms with E-state index in [0.29, 0.717) is 12.8 Å². The van der Waals surface area contributed by atoms with Gasteiger partial charge in [0.25, 0.3) is 5.91 Å². The summed E-state index contributed by atoms with van der Waals surface area (Å²) in [5, 5.41) is 3.50. The maximum Gasteiger partial charge on any atom is 0.271 e. The summed E-state index contributed by atoms with van der Waals surface area (Å²) in [5.41, 5.74) is -0.809. The van der Waals surface area contributed by atoms with Crippen molar-refractivity contribution in [3.8, 4) is 0 Å². The summed E-state index contributed by atoms with van der Waals surface area (Å²) in [6.07, 6.45) is 1.23. The number of hydrogen-bond acceptors (Lipinski definition) is 3. The second-order valence-electron chi connectivity index (χ2n) is 3.06. The zero-order valence-corrected chi connectivity index (χ0v) is 7.66. The smallest absolute Gasteiger partial charge is 0.271 e. The Balaban J connectivity index is 2.60. The standard InChI is InChI=1S/C7H11BN2O3/c1-10(13-2)5(11)7(3-4-7)9-6(8)12/h3-4H2,1-2H3,(H,9,12). The molecule has 13 heavy (non-hydrogen) atoms. The van der Waals surface area contributed by atoms with Crippen LogP contribution in [0.1, 0.15) is 12.8 Å². The number of nitrogens with one attached hydrogen (secondary N) is 1. The topological polar surface area (TPSA) is 58.6 Å². The molecule has 0 atom stereocenters. The molecule has 0 bridgehead atoms. The average molecular weight is 182 g/mol. The van der Waals surface area contributed by atoms with Gasteiger partial charge in [0.15, 0.2) is 5.81 Å². The number of carbonyl (C=O) groups excluding carboxylic acids is 2. The highest BCUT2D eigenvalue weighted by molar-refractivity contribution is 6.57. The van der Waals surface area contributed by atoms with Crippen LogP contribution in [0.4, 0.5) is 4.79 Å². The van der Waals surface area contributed by atoms with Gasteiger partial charge in [-0.3, -0.25) is 14.4 Å². The minimum atomic E-state index is -0.809. The van der Waals surface area contributed by atoms with Gasteiger partial charge in [-0.2, -0.15) is 0 Å². The number of amides is 2. The number of likely N-dealkylation sites (N-methyl/N-ethyl adjacent to an activating group) is 1. The first-order valence-electron chi connectivity index (χ1n) is 3.92. The third-order valence-electron chi connectivity index (χ3n) is 2.08. The maximum absolute atomic E-state index is 11.5. The fourth-order valence-corrected chi connectivity index (χ4v) is 1.14. The summed E-state index contributed by atoms with van der Waals surface area (Å²) in [6, 6.07) is 0. The molecule has 2 radical (unpaired) electrons. The van der Waals surface area contributed by atoms with E-state index in [1.165, 1.54) is 14.2 Å². The van der Waals surface area contributed by atoms with Crippen LogP contribution in [0.25, 0.3) is 0 Å². The monoisotopic (exact) mass is 182 g/mol. The second-order valence-corrected chi connectivity index (χ2v) is 3.06. The van der Waals surface area contributed by atoms with Crippen LogP contribution in [0, 0.1) is 0 Å². The zero-order chi connectivity index (χ0) is 10.1. The van der Waals surface area contributed by atoms with Crippen molar-refractivity contribution in [1.82, 2.24) is 10.4 Å².